The van der Waals surface area contributed by atoms with Crippen molar-refractivity contribution in [3.05, 3.63) is 0 Å². The summed E-state index contributed by atoms with van der Waals surface area (Å²) < 4.78 is 0. The van der Waals surface area contributed by atoms with Gasteiger partial charge in [0.25, 0.3) is 0 Å². The van der Waals surface area contributed by atoms with Crippen molar-refractivity contribution in [1.82, 2.24) is 10.2 Å². The monoisotopic (exact) mass is 242 g/mol. The molecule has 0 aromatic carbocycles. The summed E-state index contributed by atoms with van der Waals surface area (Å²) in [6.45, 7) is 11.7. The number of nitrogens with one attached hydrogen (secondary N) is 1. The number of carbonyl (C=O) groups is 1. The van der Waals surface area contributed by atoms with Crippen LogP contribution in [0.25, 0.3) is 0 Å². The van der Waals surface area contributed by atoms with E-state index in [2.05, 4.69) is 37.9 Å². The van der Waals surface area contributed by atoms with Gasteiger partial charge >= 0.3 is 5.97 Å². The lowest BCUT2D eigenvalue weighted by Crippen LogP contribution is -2.48. The van der Waals surface area contributed by atoms with Crippen molar-refractivity contribution in [3.8, 4) is 0 Å². The number of hydrogen-bond donors (Lipinski definition) is 2. The fourth-order valence-electron chi connectivity index (χ4n) is 2.43. The first-order valence-electron chi connectivity index (χ1n) is 6.51. The van der Waals surface area contributed by atoms with Crippen LogP contribution in [0.5, 0.6) is 0 Å². The summed E-state index contributed by atoms with van der Waals surface area (Å²) >= 11 is 0. The first-order valence-corrected chi connectivity index (χ1v) is 6.51. The van der Waals surface area contributed by atoms with Crippen LogP contribution in [0.1, 0.15) is 40.5 Å². The van der Waals surface area contributed by atoms with E-state index in [1.807, 2.05) is 0 Å². The van der Waals surface area contributed by atoms with Crippen molar-refractivity contribution in [1.29, 1.82) is 0 Å². The SMILES string of the molecule is CC(C)CN1CC(CC(=O)O)NCCC1(C)C. The highest BCUT2D eigenvalue weighted by atomic mass is 16.4. The fraction of sp³-hybridized carbons (Fsp3) is 0.923. The minimum absolute atomic E-state index is 0.0769. The summed E-state index contributed by atoms with van der Waals surface area (Å²) in [4.78, 5) is 13.2. The Morgan fingerprint density at radius 2 is 2.18 bits per heavy atom. The molecule has 2 N–H and O–H groups in total. The highest BCUT2D eigenvalue weighted by Crippen LogP contribution is 2.23. The minimum Gasteiger partial charge on any atom is -0.481 e. The zero-order valence-corrected chi connectivity index (χ0v) is 11.5. The molecule has 0 radical (unpaired) electrons. The van der Waals surface area contributed by atoms with E-state index in [1.165, 1.54) is 0 Å². The highest BCUT2D eigenvalue weighted by Gasteiger charge is 2.32. The van der Waals surface area contributed by atoms with E-state index >= 15 is 0 Å². The van der Waals surface area contributed by atoms with Crippen LogP contribution >= 0.6 is 0 Å². The third kappa shape index (κ3) is 4.64. The largest absolute Gasteiger partial charge is 0.481 e. The quantitative estimate of drug-likeness (QED) is 0.785. The van der Waals surface area contributed by atoms with E-state index < -0.39 is 5.97 Å². The van der Waals surface area contributed by atoms with Crippen molar-refractivity contribution in [2.24, 2.45) is 5.92 Å². The predicted octanol–water partition coefficient (Wildman–Crippen LogP) is 1.56. The molecule has 1 fully saturated rings. The van der Waals surface area contributed by atoms with Gasteiger partial charge in [-0.1, -0.05) is 13.8 Å². The molecule has 4 heteroatoms. The number of hydrogen-bond acceptors (Lipinski definition) is 3. The maximum absolute atomic E-state index is 10.8. The summed E-state index contributed by atoms with van der Waals surface area (Å²) in [5, 5.41) is 12.2. The summed E-state index contributed by atoms with van der Waals surface area (Å²) in [7, 11) is 0. The lowest BCUT2D eigenvalue weighted by atomic mass is 9.97. The molecule has 0 amide bonds. The van der Waals surface area contributed by atoms with E-state index in [0.717, 1.165) is 26.1 Å². The summed E-state index contributed by atoms with van der Waals surface area (Å²) in [5.41, 5.74) is 0.157. The van der Waals surface area contributed by atoms with E-state index in [-0.39, 0.29) is 18.0 Å². The number of nitrogens with zero attached hydrogens (tertiary/aromatic N) is 1. The molecule has 1 rings (SSSR count). The molecule has 0 aliphatic carbocycles. The fourth-order valence-corrected chi connectivity index (χ4v) is 2.43. The Hall–Kier alpha value is -0.610. The van der Waals surface area contributed by atoms with Gasteiger partial charge in [-0.2, -0.15) is 0 Å². The topological polar surface area (TPSA) is 52.6 Å². The first-order chi connectivity index (χ1) is 7.81. The van der Waals surface area contributed by atoms with Gasteiger partial charge in [0.1, 0.15) is 0 Å². The van der Waals surface area contributed by atoms with Crippen LogP contribution in [0.4, 0.5) is 0 Å². The molecule has 0 saturated carbocycles. The Labute approximate surface area is 104 Å². The van der Waals surface area contributed by atoms with Crippen LogP contribution in [0.3, 0.4) is 0 Å². The minimum atomic E-state index is -0.716. The van der Waals surface area contributed by atoms with Gasteiger partial charge in [0, 0.05) is 24.7 Å². The van der Waals surface area contributed by atoms with Crippen LogP contribution in [0.2, 0.25) is 0 Å². The molecule has 1 heterocycles. The number of aliphatic carboxylic acids is 1. The molecule has 100 valence electrons. The zero-order chi connectivity index (χ0) is 13.1. The molecule has 1 unspecified atom stereocenters. The van der Waals surface area contributed by atoms with Crippen molar-refractivity contribution >= 4 is 5.97 Å². The van der Waals surface area contributed by atoms with Gasteiger partial charge in [-0.3, -0.25) is 9.69 Å². The van der Waals surface area contributed by atoms with Crippen molar-refractivity contribution in [2.75, 3.05) is 19.6 Å². The Balaban J connectivity index is 2.69. The Morgan fingerprint density at radius 3 is 2.71 bits per heavy atom. The van der Waals surface area contributed by atoms with Crippen molar-refractivity contribution < 1.29 is 9.90 Å². The Kier molecular flexibility index (Phi) is 4.95. The Bertz CT molecular complexity index is 264. The number of carboxylic acid groups (broad SMARTS) is 1. The molecule has 0 bridgehead atoms. The molecule has 0 aromatic heterocycles. The van der Waals surface area contributed by atoms with Gasteiger partial charge in [0.15, 0.2) is 0 Å². The summed E-state index contributed by atoms with van der Waals surface area (Å²) in [6, 6.07) is 0.0769. The third-order valence-corrected chi connectivity index (χ3v) is 3.47. The van der Waals surface area contributed by atoms with Crippen LogP contribution in [-0.4, -0.2) is 47.2 Å². The third-order valence-electron chi connectivity index (χ3n) is 3.47. The number of carboxylic acids is 1. The summed E-state index contributed by atoms with van der Waals surface area (Å²) in [5.74, 6) is -0.107. The normalized spacial score (nSPS) is 25.8. The molecule has 1 saturated heterocycles. The molecular formula is C13H26N2O2. The molecule has 4 nitrogen and oxygen atoms in total. The highest BCUT2D eigenvalue weighted by molar-refractivity contribution is 5.67. The van der Waals surface area contributed by atoms with E-state index in [9.17, 15) is 4.79 Å². The molecule has 1 aliphatic rings. The molecule has 1 atom stereocenters. The molecule has 17 heavy (non-hydrogen) atoms. The van der Waals surface area contributed by atoms with Crippen LogP contribution in [0, 0.1) is 5.92 Å². The maximum Gasteiger partial charge on any atom is 0.304 e. The molecular weight excluding hydrogens is 216 g/mol. The molecule has 0 aromatic rings. The smallest absolute Gasteiger partial charge is 0.304 e. The van der Waals surface area contributed by atoms with Crippen LogP contribution in [-0.2, 0) is 4.79 Å². The first kappa shape index (κ1) is 14.5. The van der Waals surface area contributed by atoms with E-state index in [4.69, 9.17) is 5.11 Å². The molecule has 0 spiro atoms. The van der Waals surface area contributed by atoms with Gasteiger partial charge in [-0.15, -0.1) is 0 Å². The molecule has 1 aliphatic heterocycles. The maximum atomic E-state index is 10.8. The second kappa shape index (κ2) is 5.83. The average Bonchev–Trinajstić information content (AvgIpc) is 2.25. The van der Waals surface area contributed by atoms with Gasteiger partial charge in [-0.25, -0.2) is 0 Å². The van der Waals surface area contributed by atoms with Gasteiger partial charge in [0.2, 0.25) is 0 Å². The average molecular weight is 242 g/mol. The van der Waals surface area contributed by atoms with Gasteiger partial charge in [-0.05, 0) is 32.7 Å². The van der Waals surface area contributed by atoms with E-state index in [0.29, 0.717) is 5.92 Å². The van der Waals surface area contributed by atoms with Crippen LogP contribution < -0.4 is 5.32 Å². The van der Waals surface area contributed by atoms with Crippen molar-refractivity contribution in [3.63, 3.8) is 0 Å². The lowest BCUT2D eigenvalue weighted by molar-refractivity contribution is -0.137. The van der Waals surface area contributed by atoms with Gasteiger partial charge < -0.3 is 10.4 Å². The number of rotatable bonds is 4. The standard InChI is InChI=1S/C13H26N2O2/c1-10(2)8-15-9-11(7-12(16)17)14-6-5-13(15,3)4/h10-11,14H,5-9H2,1-4H3,(H,16,17). The Morgan fingerprint density at radius 1 is 1.53 bits per heavy atom. The van der Waals surface area contributed by atoms with Crippen LogP contribution in [0.15, 0.2) is 0 Å². The second-order valence-electron chi connectivity index (χ2n) is 6.11. The van der Waals surface area contributed by atoms with E-state index in [1.54, 1.807) is 0 Å². The second-order valence-corrected chi connectivity index (χ2v) is 6.11. The van der Waals surface area contributed by atoms with Gasteiger partial charge in [0.05, 0.1) is 6.42 Å². The lowest BCUT2D eigenvalue weighted by Gasteiger charge is -2.38. The van der Waals surface area contributed by atoms with Crippen molar-refractivity contribution in [2.45, 2.75) is 52.1 Å². The summed E-state index contributed by atoms with van der Waals surface area (Å²) in [6.07, 6.45) is 1.28. The zero-order valence-electron chi connectivity index (χ0n) is 11.5. The predicted molar refractivity (Wildman–Crippen MR) is 69.2 cm³/mol.